The Bertz CT molecular complexity index is 582. The van der Waals surface area contributed by atoms with Crippen molar-refractivity contribution >= 4 is 11.6 Å². The maximum Gasteiger partial charge on any atom is 0.207 e. The van der Waals surface area contributed by atoms with Crippen molar-refractivity contribution < 1.29 is 0 Å². The lowest BCUT2D eigenvalue weighted by atomic mass is 9.95. The predicted octanol–water partition coefficient (Wildman–Crippen LogP) is 4.14. The number of hydrogen-bond donors (Lipinski definition) is 1. The number of nitrogens with zero attached hydrogens (tertiary/aromatic N) is 3. The highest BCUT2D eigenvalue weighted by atomic mass is 15.2. The number of imidazole rings is 1. The van der Waals surface area contributed by atoms with Crippen LogP contribution in [0.25, 0.3) is 0 Å². The molecule has 106 valence electrons. The number of rotatable bonds is 3. The fraction of sp³-hybridized carbons (Fsp3) is 0.500. The zero-order valence-corrected chi connectivity index (χ0v) is 12.3. The fourth-order valence-corrected chi connectivity index (χ4v) is 3.00. The van der Waals surface area contributed by atoms with Crippen LogP contribution in [-0.2, 0) is 0 Å². The normalized spacial score (nSPS) is 16.3. The van der Waals surface area contributed by atoms with E-state index in [-0.39, 0.29) is 0 Å². The summed E-state index contributed by atoms with van der Waals surface area (Å²) in [6.45, 7) is 4.04. The predicted molar refractivity (Wildman–Crippen MR) is 81.3 cm³/mol. The van der Waals surface area contributed by atoms with Gasteiger partial charge in [0, 0.05) is 24.1 Å². The molecule has 1 aliphatic rings. The standard InChI is InChI=1S/C16H22N4/c1-12-8-9-15(13(2)18-12)19-16-17-10-11-20(16)14-6-4-3-5-7-14/h8-11,14H,3-7H2,1-2H3,(H,17,19). The molecule has 0 aromatic carbocycles. The zero-order chi connectivity index (χ0) is 13.9. The molecule has 4 heteroatoms. The zero-order valence-electron chi connectivity index (χ0n) is 12.3. The number of aryl methyl sites for hydroxylation is 2. The van der Waals surface area contributed by atoms with Crippen LogP contribution in [0.1, 0.15) is 49.5 Å². The molecular weight excluding hydrogens is 248 g/mol. The highest BCUT2D eigenvalue weighted by Gasteiger charge is 2.18. The second-order valence-electron chi connectivity index (χ2n) is 5.66. The molecule has 20 heavy (non-hydrogen) atoms. The molecule has 4 nitrogen and oxygen atoms in total. The Morgan fingerprint density at radius 3 is 2.70 bits per heavy atom. The van der Waals surface area contributed by atoms with E-state index in [4.69, 9.17) is 0 Å². The monoisotopic (exact) mass is 270 g/mol. The van der Waals surface area contributed by atoms with Gasteiger partial charge in [0.15, 0.2) is 0 Å². The van der Waals surface area contributed by atoms with Crippen molar-refractivity contribution in [3.8, 4) is 0 Å². The van der Waals surface area contributed by atoms with E-state index in [1.165, 1.54) is 32.1 Å². The van der Waals surface area contributed by atoms with Gasteiger partial charge in [-0.1, -0.05) is 19.3 Å². The molecular formula is C16H22N4. The minimum atomic E-state index is 0.590. The number of anilines is 2. The van der Waals surface area contributed by atoms with Gasteiger partial charge >= 0.3 is 0 Å². The summed E-state index contributed by atoms with van der Waals surface area (Å²) in [7, 11) is 0. The number of nitrogens with one attached hydrogen (secondary N) is 1. The highest BCUT2D eigenvalue weighted by Crippen LogP contribution is 2.31. The third-order valence-corrected chi connectivity index (χ3v) is 4.11. The molecule has 0 aliphatic heterocycles. The molecule has 1 fully saturated rings. The van der Waals surface area contributed by atoms with E-state index in [0.717, 1.165) is 23.0 Å². The van der Waals surface area contributed by atoms with Gasteiger partial charge in [0.2, 0.25) is 5.95 Å². The van der Waals surface area contributed by atoms with Gasteiger partial charge < -0.3 is 9.88 Å². The molecule has 2 aromatic heterocycles. The first-order chi connectivity index (χ1) is 9.74. The molecule has 0 amide bonds. The molecule has 0 saturated heterocycles. The van der Waals surface area contributed by atoms with Crippen molar-refractivity contribution in [1.29, 1.82) is 0 Å². The van der Waals surface area contributed by atoms with Crippen molar-refractivity contribution in [2.75, 3.05) is 5.32 Å². The maximum atomic E-state index is 4.50. The number of aromatic nitrogens is 3. The lowest BCUT2D eigenvalue weighted by molar-refractivity contribution is 0.356. The minimum absolute atomic E-state index is 0.590. The van der Waals surface area contributed by atoms with Crippen molar-refractivity contribution in [3.05, 3.63) is 35.9 Å². The van der Waals surface area contributed by atoms with E-state index in [9.17, 15) is 0 Å². The van der Waals surface area contributed by atoms with Gasteiger partial charge in [-0.15, -0.1) is 0 Å². The highest BCUT2D eigenvalue weighted by molar-refractivity contribution is 5.56. The average Bonchev–Trinajstić information content (AvgIpc) is 2.91. The molecule has 0 atom stereocenters. The maximum absolute atomic E-state index is 4.50. The van der Waals surface area contributed by atoms with Gasteiger partial charge in [-0.3, -0.25) is 4.98 Å². The summed E-state index contributed by atoms with van der Waals surface area (Å²) in [5.74, 6) is 0.936. The third kappa shape index (κ3) is 2.69. The van der Waals surface area contributed by atoms with E-state index in [2.05, 4.69) is 32.1 Å². The molecule has 2 aromatic rings. The van der Waals surface area contributed by atoms with E-state index in [0.29, 0.717) is 6.04 Å². The Labute approximate surface area is 120 Å². The SMILES string of the molecule is Cc1ccc(Nc2nccn2C2CCCCC2)c(C)n1. The van der Waals surface area contributed by atoms with Gasteiger partial charge in [0.1, 0.15) is 0 Å². The molecule has 1 aliphatic carbocycles. The molecule has 1 saturated carbocycles. The van der Waals surface area contributed by atoms with Crippen LogP contribution in [0.15, 0.2) is 24.5 Å². The van der Waals surface area contributed by atoms with Gasteiger partial charge in [-0.05, 0) is 38.8 Å². The summed E-state index contributed by atoms with van der Waals surface area (Å²) in [6.07, 6.45) is 10.5. The van der Waals surface area contributed by atoms with Crippen molar-refractivity contribution in [2.45, 2.75) is 52.0 Å². The van der Waals surface area contributed by atoms with E-state index >= 15 is 0 Å². The van der Waals surface area contributed by atoms with Crippen molar-refractivity contribution in [2.24, 2.45) is 0 Å². The molecule has 3 rings (SSSR count). The summed E-state index contributed by atoms with van der Waals surface area (Å²) in [4.78, 5) is 8.97. The summed E-state index contributed by atoms with van der Waals surface area (Å²) in [6, 6.07) is 4.70. The van der Waals surface area contributed by atoms with Crippen LogP contribution in [0.3, 0.4) is 0 Å². The summed E-state index contributed by atoms with van der Waals surface area (Å²) in [5, 5.41) is 3.43. The largest absolute Gasteiger partial charge is 0.324 e. The van der Waals surface area contributed by atoms with Crippen LogP contribution in [0.4, 0.5) is 11.6 Å². The first-order valence-electron chi connectivity index (χ1n) is 7.48. The van der Waals surface area contributed by atoms with Crippen LogP contribution >= 0.6 is 0 Å². The Morgan fingerprint density at radius 2 is 1.95 bits per heavy atom. The van der Waals surface area contributed by atoms with Crippen molar-refractivity contribution in [3.63, 3.8) is 0 Å². The second-order valence-corrected chi connectivity index (χ2v) is 5.66. The lowest BCUT2D eigenvalue weighted by Crippen LogP contribution is -2.14. The quantitative estimate of drug-likeness (QED) is 0.911. The Balaban J connectivity index is 1.82. The summed E-state index contributed by atoms with van der Waals surface area (Å²) >= 11 is 0. The molecule has 0 bridgehead atoms. The lowest BCUT2D eigenvalue weighted by Gasteiger charge is -2.25. The van der Waals surface area contributed by atoms with Crippen LogP contribution in [0, 0.1) is 13.8 Å². The minimum Gasteiger partial charge on any atom is -0.324 e. The van der Waals surface area contributed by atoms with Crippen LogP contribution in [0.2, 0.25) is 0 Å². The van der Waals surface area contributed by atoms with E-state index in [1.807, 2.05) is 26.1 Å². The molecule has 0 spiro atoms. The first-order valence-corrected chi connectivity index (χ1v) is 7.48. The number of pyridine rings is 1. The van der Waals surface area contributed by atoms with Crippen molar-refractivity contribution in [1.82, 2.24) is 14.5 Å². The Morgan fingerprint density at radius 1 is 1.15 bits per heavy atom. The average molecular weight is 270 g/mol. The van der Waals surface area contributed by atoms with Crippen LogP contribution < -0.4 is 5.32 Å². The molecule has 1 N–H and O–H groups in total. The molecule has 0 radical (unpaired) electrons. The number of hydrogen-bond acceptors (Lipinski definition) is 3. The summed E-state index contributed by atoms with van der Waals surface area (Å²) in [5.41, 5.74) is 3.10. The summed E-state index contributed by atoms with van der Waals surface area (Å²) < 4.78 is 2.29. The Kier molecular flexibility index (Phi) is 3.72. The molecule has 0 unspecified atom stereocenters. The van der Waals surface area contributed by atoms with Gasteiger partial charge in [0.25, 0.3) is 0 Å². The van der Waals surface area contributed by atoms with Gasteiger partial charge in [-0.2, -0.15) is 0 Å². The van der Waals surface area contributed by atoms with E-state index < -0.39 is 0 Å². The second kappa shape index (κ2) is 5.65. The topological polar surface area (TPSA) is 42.7 Å². The smallest absolute Gasteiger partial charge is 0.207 e. The first kappa shape index (κ1) is 13.2. The van der Waals surface area contributed by atoms with E-state index in [1.54, 1.807) is 0 Å². The third-order valence-electron chi connectivity index (χ3n) is 4.11. The van der Waals surface area contributed by atoms with Crippen LogP contribution in [-0.4, -0.2) is 14.5 Å². The Hall–Kier alpha value is -1.84. The van der Waals surface area contributed by atoms with Gasteiger partial charge in [-0.25, -0.2) is 4.98 Å². The fourth-order valence-electron chi connectivity index (χ4n) is 3.00. The molecule has 2 heterocycles. The van der Waals surface area contributed by atoms with Crippen LogP contribution in [0.5, 0.6) is 0 Å². The van der Waals surface area contributed by atoms with Gasteiger partial charge in [0.05, 0.1) is 11.4 Å².